The lowest BCUT2D eigenvalue weighted by Crippen LogP contribution is -2.51. The molecule has 15 heavy (non-hydrogen) atoms. The number of rotatable bonds is 3. The highest BCUT2D eigenvalue weighted by molar-refractivity contribution is 7.13. The van der Waals surface area contributed by atoms with Crippen LogP contribution >= 0.6 is 11.3 Å². The Bertz CT molecular complexity index is 360. The smallest absolute Gasteiger partial charge is 0.228 e. The van der Waals surface area contributed by atoms with Gasteiger partial charge in [-0.3, -0.25) is 4.79 Å². The SMILES string of the molecule is Nc1nc(CC(=O)N2CC(CO)C2)cs1. The number of aliphatic hydroxyl groups is 1. The van der Waals surface area contributed by atoms with Gasteiger partial charge in [-0.1, -0.05) is 0 Å². The summed E-state index contributed by atoms with van der Waals surface area (Å²) >= 11 is 1.34. The van der Waals surface area contributed by atoms with Gasteiger partial charge in [0.2, 0.25) is 5.91 Å². The van der Waals surface area contributed by atoms with Gasteiger partial charge in [-0.05, 0) is 0 Å². The van der Waals surface area contributed by atoms with E-state index in [9.17, 15) is 4.79 Å². The Morgan fingerprint density at radius 2 is 2.47 bits per heavy atom. The molecular weight excluding hydrogens is 214 g/mol. The molecule has 1 aromatic heterocycles. The molecule has 3 N–H and O–H groups in total. The Morgan fingerprint density at radius 1 is 1.73 bits per heavy atom. The topological polar surface area (TPSA) is 79.5 Å². The van der Waals surface area contributed by atoms with E-state index in [0.717, 1.165) is 5.69 Å². The molecule has 6 heteroatoms. The van der Waals surface area contributed by atoms with E-state index in [0.29, 0.717) is 24.6 Å². The Hall–Kier alpha value is -1.14. The van der Waals surface area contributed by atoms with Crippen molar-refractivity contribution in [2.45, 2.75) is 6.42 Å². The number of aliphatic hydroxyl groups excluding tert-OH is 1. The minimum atomic E-state index is 0.0602. The highest BCUT2D eigenvalue weighted by atomic mass is 32.1. The quantitative estimate of drug-likeness (QED) is 0.744. The molecule has 5 nitrogen and oxygen atoms in total. The highest BCUT2D eigenvalue weighted by Crippen LogP contribution is 2.17. The second-order valence-electron chi connectivity index (χ2n) is 3.70. The van der Waals surface area contributed by atoms with E-state index in [-0.39, 0.29) is 18.4 Å². The molecule has 0 radical (unpaired) electrons. The zero-order valence-corrected chi connectivity index (χ0v) is 9.04. The third-order valence-electron chi connectivity index (χ3n) is 2.47. The highest BCUT2D eigenvalue weighted by Gasteiger charge is 2.29. The summed E-state index contributed by atoms with van der Waals surface area (Å²) in [5.74, 6) is 0.319. The summed E-state index contributed by atoms with van der Waals surface area (Å²) in [7, 11) is 0. The minimum absolute atomic E-state index is 0.0602. The van der Waals surface area contributed by atoms with Crippen molar-refractivity contribution in [1.82, 2.24) is 9.88 Å². The van der Waals surface area contributed by atoms with Crippen LogP contribution in [0.4, 0.5) is 5.13 Å². The number of anilines is 1. The van der Waals surface area contributed by atoms with E-state index < -0.39 is 0 Å². The van der Waals surface area contributed by atoms with Crippen LogP contribution in [0, 0.1) is 5.92 Å². The summed E-state index contributed by atoms with van der Waals surface area (Å²) in [6, 6.07) is 0. The Morgan fingerprint density at radius 3 is 3.00 bits per heavy atom. The van der Waals surface area contributed by atoms with Gasteiger partial charge in [0.05, 0.1) is 12.1 Å². The molecule has 1 fully saturated rings. The fraction of sp³-hybridized carbons (Fsp3) is 0.556. The molecular formula is C9H13N3O2S. The maximum absolute atomic E-state index is 11.6. The predicted molar refractivity (Wildman–Crippen MR) is 57.4 cm³/mol. The summed E-state index contributed by atoms with van der Waals surface area (Å²) in [5, 5.41) is 11.1. The van der Waals surface area contributed by atoms with Gasteiger partial charge in [0.15, 0.2) is 5.13 Å². The number of likely N-dealkylation sites (tertiary alicyclic amines) is 1. The number of thiazole rings is 1. The molecule has 0 spiro atoms. The molecule has 0 bridgehead atoms. The normalized spacial score (nSPS) is 16.5. The van der Waals surface area contributed by atoms with E-state index in [4.69, 9.17) is 10.8 Å². The van der Waals surface area contributed by atoms with Crippen LogP contribution in [-0.4, -0.2) is 40.6 Å². The van der Waals surface area contributed by atoms with Crippen molar-refractivity contribution in [1.29, 1.82) is 0 Å². The zero-order chi connectivity index (χ0) is 10.8. The fourth-order valence-corrected chi connectivity index (χ4v) is 2.12. The zero-order valence-electron chi connectivity index (χ0n) is 8.22. The maximum atomic E-state index is 11.6. The van der Waals surface area contributed by atoms with E-state index in [1.165, 1.54) is 11.3 Å². The van der Waals surface area contributed by atoms with Crippen molar-refractivity contribution in [3.8, 4) is 0 Å². The molecule has 2 rings (SSSR count). The fourth-order valence-electron chi connectivity index (χ4n) is 1.56. The Balaban J connectivity index is 1.83. The van der Waals surface area contributed by atoms with Crippen molar-refractivity contribution >= 4 is 22.4 Å². The van der Waals surface area contributed by atoms with Crippen LogP contribution in [0.2, 0.25) is 0 Å². The van der Waals surface area contributed by atoms with Crippen LogP contribution < -0.4 is 5.73 Å². The lowest BCUT2D eigenvalue weighted by molar-refractivity contribution is -0.137. The molecule has 1 aliphatic rings. The summed E-state index contributed by atoms with van der Waals surface area (Å²) < 4.78 is 0. The average Bonchev–Trinajstić information content (AvgIpc) is 2.49. The monoisotopic (exact) mass is 227 g/mol. The maximum Gasteiger partial charge on any atom is 0.228 e. The average molecular weight is 227 g/mol. The molecule has 0 saturated carbocycles. The van der Waals surface area contributed by atoms with Crippen molar-refractivity contribution < 1.29 is 9.90 Å². The molecule has 1 aromatic rings. The largest absolute Gasteiger partial charge is 0.396 e. The summed E-state index contributed by atoms with van der Waals surface area (Å²) in [6.45, 7) is 1.48. The first-order valence-corrected chi connectivity index (χ1v) is 5.65. The number of amides is 1. The van der Waals surface area contributed by atoms with Gasteiger partial charge < -0.3 is 15.7 Å². The third-order valence-corrected chi connectivity index (χ3v) is 3.19. The van der Waals surface area contributed by atoms with Crippen molar-refractivity contribution in [3.63, 3.8) is 0 Å². The lowest BCUT2D eigenvalue weighted by Gasteiger charge is -2.38. The molecule has 1 saturated heterocycles. The van der Waals surface area contributed by atoms with Crippen LogP contribution in [-0.2, 0) is 11.2 Å². The number of nitrogens with two attached hydrogens (primary N) is 1. The van der Waals surface area contributed by atoms with E-state index >= 15 is 0 Å². The lowest BCUT2D eigenvalue weighted by atomic mass is 10.0. The first kappa shape index (κ1) is 10.4. The van der Waals surface area contributed by atoms with Gasteiger partial charge in [0.25, 0.3) is 0 Å². The summed E-state index contributed by atoms with van der Waals surface area (Å²) in [5.41, 5.74) is 6.20. The van der Waals surface area contributed by atoms with Gasteiger partial charge in [-0.25, -0.2) is 4.98 Å². The first-order chi connectivity index (χ1) is 7.19. The van der Waals surface area contributed by atoms with E-state index in [1.807, 2.05) is 0 Å². The molecule has 0 aromatic carbocycles. The van der Waals surface area contributed by atoms with Gasteiger partial charge in [0, 0.05) is 31.0 Å². The van der Waals surface area contributed by atoms with Gasteiger partial charge in [0.1, 0.15) is 0 Å². The van der Waals surface area contributed by atoms with E-state index in [2.05, 4.69) is 4.98 Å². The van der Waals surface area contributed by atoms with Crippen molar-refractivity contribution in [3.05, 3.63) is 11.1 Å². The molecule has 0 atom stereocenters. The molecule has 0 unspecified atom stereocenters. The standard InChI is InChI=1S/C9H13N3O2S/c10-9-11-7(5-15-9)1-8(14)12-2-6(3-12)4-13/h5-6,13H,1-4H2,(H2,10,11). The van der Waals surface area contributed by atoms with E-state index in [1.54, 1.807) is 10.3 Å². The second kappa shape index (κ2) is 4.16. The van der Waals surface area contributed by atoms with Gasteiger partial charge >= 0.3 is 0 Å². The van der Waals surface area contributed by atoms with Crippen LogP contribution in [0.25, 0.3) is 0 Å². The van der Waals surface area contributed by atoms with Gasteiger partial charge in [-0.15, -0.1) is 11.3 Å². The number of aromatic nitrogens is 1. The first-order valence-electron chi connectivity index (χ1n) is 4.77. The minimum Gasteiger partial charge on any atom is -0.396 e. The molecule has 2 heterocycles. The number of hydrogen-bond donors (Lipinski definition) is 2. The number of nitrogens with zero attached hydrogens (tertiary/aromatic N) is 2. The Labute approximate surface area is 91.5 Å². The molecule has 1 amide bonds. The molecule has 82 valence electrons. The van der Waals surface area contributed by atoms with Crippen LogP contribution in [0.5, 0.6) is 0 Å². The number of carbonyl (C=O) groups is 1. The summed E-state index contributed by atoms with van der Waals surface area (Å²) in [4.78, 5) is 17.4. The van der Waals surface area contributed by atoms with Gasteiger partial charge in [-0.2, -0.15) is 0 Å². The number of carbonyl (C=O) groups excluding carboxylic acids is 1. The Kier molecular flexibility index (Phi) is 2.88. The third kappa shape index (κ3) is 2.27. The van der Waals surface area contributed by atoms with Crippen LogP contribution in [0.15, 0.2) is 5.38 Å². The molecule has 1 aliphatic heterocycles. The number of nitrogen functional groups attached to an aromatic ring is 1. The van der Waals surface area contributed by atoms with Crippen molar-refractivity contribution in [2.75, 3.05) is 25.4 Å². The van der Waals surface area contributed by atoms with Crippen LogP contribution in [0.1, 0.15) is 5.69 Å². The predicted octanol–water partition coefficient (Wildman–Crippen LogP) is -0.282. The molecule has 0 aliphatic carbocycles. The second-order valence-corrected chi connectivity index (χ2v) is 4.59. The summed E-state index contributed by atoms with van der Waals surface area (Å²) in [6.07, 6.45) is 0.311. The number of hydrogen-bond acceptors (Lipinski definition) is 5. The van der Waals surface area contributed by atoms with Crippen LogP contribution in [0.3, 0.4) is 0 Å². The van der Waals surface area contributed by atoms with Crippen molar-refractivity contribution in [2.24, 2.45) is 5.92 Å².